The quantitative estimate of drug-likeness (QED) is 0.112. The van der Waals surface area contributed by atoms with Crippen LogP contribution in [0.5, 0.6) is 0 Å². The van der Waals surface area contributed by atoms with E-state index in [-0.39, 0.29) is 21.2 Å². The van der Waals surface area contributed by atoms with Crippen LogP contribution in [0, 0.1) is 27.7 Å². The molecule has 1 heterocycles. The van der Waals surface area contributed by atoms with Gasteiger partial charge in [0.1, 0.15) is 0 Å². The third-order valence-corrected chi connectivity index (χ3v) is 17.3. The number of benzene rings is 6. The first kappa shape index (κ1) is 40.6. The van der Waals surface area contributed by atoms with Crippen LogP contribution >= 0.6 is 11.9 Å². The number of hydrogen-bond donors (Lipinski definition) is 0. The van der Waals surface area contributed by atoms with Gasteiger partial charge in [0.05, 0.1) is 40.0 Å². The van der Waals surface area contributed by atoms with Gasteiger partial charge in [-0.1, -0.05) is 123 Å². The van der Waals surface area contributed by atoms with Gasteiger partial charge in [0.2, 0.25) is 0 Å². The molecule has 6 aromatic carbocycles. The van der Waals surface area contributed by atoms with E-state index in [0.717, 1.165) is 39.8 Å². The Morgan fingerprint density at radius 3 is 1.23 bits per heavy atom. The summed E-state index contributed by atoms with van der Waals surface area (Å²) in [4.78, 5) is 0.373. The van der Waals surface area contributed by atoms with Crippen molar-refractivity contribution in [1.82, 2.24) is 7.42 Å². The van der Waals surface area contributed by atoms with Crippen LogP contribution in [0.15, 0.2) is 165 Å². The summed E-state index contributed by atoms with van der Waals surface area (Å²) in [6.07, 6.45) is -2.16. The summed E-state index contributed by atoms with van der Waals surface area (Å²) in [5, 5.41) is 0. The first-order valence-corrected chi connectivity index (χ1v) is 23.3. The molecule has 0 amide bonds. The first-order chi connectivity index (χ1) is 27.1. The predicted molar refractivity (Wildman–Crippen MR) is 224 cm³/mol. The molecule has 13 heteroatoms. The van der Waals surface area contributed by atoms with Crippen molar-refractivity contribution in [3.05, 3.63) is 179 Å². The molecule has 1 aliphatic rings. The number of fused-ring (bicyclic) bond motifs is 3. The van der Waals surface area contributed by atoms with Crippen LogP contribution in [0.1, 0.15) is 45.6 Å². The SMILES string of the molecule is Cc1ccc(SN(CC2OC(CN(S(=O)(=O)c3ccc(C)cc3)S(=O)(=O)c3ccc(C)cc3)c3ccccc3-c3ccccc32)S(=O)(=O)c2ccc(C)cc2)cc1. The molecule has 1 aliphatic heterocycles. The lowest BCUT2D eigenvalue weighted by Gasteiger charge is -2.31. The fraction of sp³-hybridized carbons (Fsp3) is 0.182. The lowest BCUT2D eigenvalue weighted by Crippen LogP contribution is -2.41. The molecule has 0 saturated carbocycles. The topological polar surface area (TPSA) is 118 Å². The zero-order valence-corrected chi connectivity index (χ0v) is 35.1. The fourth-order valence-electron chi connectivity index (χ4n) is 6.65. The van der Waals surface area contributed by atoms with E-state index >= 15 is 0 Å². The third kappa shape index (κ3) is 8.51. The molecule has 9 nitrogen and oxygen atoms in total. The molecule has 0 aliphatic carbocycles. The Labute approximate surface area is 340 Å². The van der Waals surface area contributed by atoms with E-state index in [1.807, 2.05) is 88.4 Å². The van der Waals surface area contributed by atoms with E-state index in [0.29, 0.717) is 25.3 Å². The number of hydrogen-bond acceptors (Lipinski definition) is 8. The van der Waals surface area contributed by atoms with Crippen LogP contribution in [-0.2, 0) is 34.8 Å². The zero-order chi connectivity index (χ0) is 40.5. The highest BCUT2D eigenvalue weighted by Crippen LogP contribution is 2.45. The predicted octanol–water partition coefficient (Wildman–Crippen LogP) is 9.18. The Morgan fingerprint density at radius 1 is 0.456 bits per heavy atom. The number of sulfonamides is 3. The highest BCUT2D eigenvalue weighted by atomic mass is 32.3. The van der Waals surface area contributed by atoms with Crippen LogP contribution in [-0.4, -0.2) is 45.8 Å². The second-order valence-electron chi connectivity index (χ2n) is 14.1. The van der Waals surface area contributed by atoms with Gasteiger partial charge in [-0.3, -0.25) is 0 Å². The van der Waals surface area contributed by atoms with Crippen LogP contribution in [0.4, 0.5) is 0 Å². The second kappa shape index (κ2) is 16.3. The van der Waals surface area contributed by atoms with Gasteiger partial charge in [0.15, 0.2) is 0 Å². The van der Waals surface area contributed by atoms with Crippen LogP contribution in [0.25, 0.3) is 11.1 Å². The van der Waals surface area contributed by atoms with E-state index in [9.17, 15) is 25.3 Å². The van der Waals surface area contributed by atoms with E-state index < -0.39 is 48.8 Å². The maximum Gasteiger partial charge on any atom is 0.256 e. The number of nitrogens with zero attached hydrogens (tertiary/aromatic N) is 2. The monoisotopic (exact) mass is 838 g/mol. The summed E-state index contributed by atoms with van der Waals surface area (Å²) in [5.41, 5.74) is 6.20. The van der Waals surface area contributed by atoms with Gasteiger partial charge in [0.25, 0.3) is 30.1 Å². The minimum absolute atomic E-state index is 0.0917. The van der Waals surface area contributed by atoms with E-state index in [1.54, 1.807) is 60.7 Å². The number of aryl methyl sites for hydroxylation is 4. The van der Waals surface area contributed by atoms with Gasteiger partial charge < -0.3 is 4.74 Å². The normalized spacial score (nSPS) is 15.9. The molecule has 0 fully saturated rings. The van der Waals surface area contributed by atoms with E-state index in [2.05, 4.69) is 0 Å². The van der Waals surface area contributed by atoms with Crippen molar-refractivity contribution in [2.75, 3.05) is 13.1 Å². The van der Waals surface area contributed by atoms with Crippen LogP contribution < -0.4 is 0 Å². The van der Waals surface area contributed by atoms with E-state index in [1.165, 1.54) is 28.0 Å². The molecule has 0 N–H and O–H groups in total. The zero-order valence-electron chi connectivity index (χ0n) is 31.8. The fourth-order valence-corrected chi connectivity index (χ4v) is 13.0. The first-order valence-electron chi connectivity index (χ1n) is 18.2. The van der Waals surface area contributed by atoms with Crippen molar-refractivity contribution in [2.45, 2.75) is 59.5 Å². The standard InChI is InChI=1S/C44H42N2O7S4/c1-31-13-21-35(22-14-31)54-45(55(47,48)36-23-15-32(2)16-24-36)29-43-41-11-7-5-9-39(41)40-10-6-8-12-42(40)44(53-43)30-46(56(49,50)37-25-17-33(3)18-26-37)57(51,52)38-27-19-34(4)20-28-38/h5-28,43-44H,29-30H2,1-4H3. The molecule has 2 atom stereocenters. The van der Waals surface area contributed by atoms with Crippen LogP contribution in [0.3, 0.4) is 0 Å². The lowest BCUT2D eigenvalue weighted by molar-refractivity contribution is -0.0176. The lowest BCUT2D eigenvalue weighted by atomic mass is 9.93. The molecular formula is C44H42N2O7S4. The highest BCUT2D eigenvalue weighted by molar-refractivity contribution is 8.08. The van der Waals surface area contributed by atoms with Crippen molar-refractivity contribution in [3.8, 4) is 11.1 Å². The highest BCUT2D eigenvalue weighted by Gasteiger charge is 2.42. The minimum Gasteiger partial charge on any atom is -0.363 e. The molecule has 6 aromatic rings. The van der Waals surface area contributed by atoms with Crippen molar-refractivity contribution in [1.29, 1.82) is 0 Å². The summed E-state index contributed by atoms with van der Waals surface area (Å²) in [7, 11) is -13.6. The molecule has 0 saturated heterocycles. The number of rotatable bonds is 12. The summed E-state index contributed by atoms with van der Waals surface area (Å²) in [6.45, 7) is 6.61. The van der Waals surface area contributed by atoms with Crippen LogP contribution in [0.2, 0.25) is 0 Å². The minimum atomic E-state index is -4.71. The molecule has 0 bridgehead atoms. The Hall–Kier alpha value is -4.60. The van der Waals surface area contributed by atoms with Gasteiger partial charge in [0, 0.05) is 4.90 Å². The van der Waals surface area contributed by atoms with Gasteiger partial charge in [-0.2, -0.15) is 0 Å². The Morgan fingerprint density at radius 2 is 0.807 bits per heavy atom. The largest absolute Gasteiger partial charge is 0.363 e. The Kier molecular flexibility index (Phi) is 11.6. The summed E-state index contributed by atoms with van der Waals surface area (Å²) in [5.74, 6) is 0. The molecule has 2 unspecified atom stereocenters. The maximum absolute atomic E-state index is 14.6. The Balaban J connectivity index is 1.37. The molecule has 0 spiro atoms. The van der Waals surface area contributed by atoms with Crippen molar-refractivity contribution >= 4 is 42.0 Å². The summed E-state index contributed by atoms with van der Waals surface area (Å²) >= 11 is 1.05. The molecule has 57 heavy (non-hydrogen) atoms. The molecule has 0 radical (unpaired) electrons. The van der Waals surface area contributed by atoms with Gasteiger partial charge in [-0.15, -0.1) is 3.71 Å². The van der Waals surface area contributed by atoms with E-state index in [4.69, 9.17) is 4.74 Å². The average Bonchev–Trinajstić information content (AvgIpc) is 3.32. The molecular weight excluding hydrogens is 797 g/mol. The van der Waals surface area contributed by atoms with Crippen molar-refractivity contribution in [3.63, 3.8) is 0 Å². The third-order valence-electron chi connectivity index (χ3n) is 9.85. The average molecular weight is 839 g/mol. The second-order valence-corrected chi connectivity index (χ2v) is 21.2. The van der Waals surface area contributed by atoms with Gasteiger partial charge in [-0.05, 0) is 110 Å². The number of ether oxygens (including phenoxy) is 1. The van der Waals surface area contributed by atoms with Crippen molar-refractivity contribution < 1.29 is 30.0 Å². The maximum atomic E-state index is 14.6. The molecule has 0 aromatic heterocycles. The summed E-state index contributed by atoms with van der Waals surface area (Å²) < 4.78 is 96.4. The summed E-state index contributed by atoms with van der Waals surface area (Å²) in [6, 6.07) is 40.9. The molecule has 7 rings (SSSR count). The van der Waals surface area contributed by atoms with Gasteiger partial charge >= 0.3 is 0 Å². The molecule has 294 valence electrons. The van der Waals surface area contributed by atoms with Gasteiger partial charge in [-0.25, -0.2) is 25.3 Å². The smallest absolute Gasteiger partial charge is 0.256 e. The van der Waals surface area contributed by atoms with Crippen molar-refractivity contribution in [2.24, 2.45) is 0 Å². The Bertz CT molecular complexity index is 2650.